The van der Waals surface area contributed by atoms with Crippen LogP contribution in [-0.2, 0) is 27.8 Å². The Morgan fingerprint density at radius 3 is 2.47 bits per heavy atom. The average molecular weight is 486 g/mol. The molecule has 184 valence electrons. The number of sulfonamides is 1. The van der Waals surface area contributed by atoms with Gasteiger partial charge in [-0.15, -0.1) is 0 Å². The van der Waals surface area contributed by atoms with Gasteiger partial charge in [-0.2, -0.15) is 0 Å². The lowest BCUT2D eigenvalue weighted by molar-refractivity contribution is 0.0340. The molecule has 8 heteroatoms. The highest BCUT2D eigenvalue weighted by atomic mass is 32.2. The van der Waals surface area contributed by atoms with Crippen molar-refractivity contribution in [3.63, 3.8) is 0 Å². The highest BCUT2D eigenvalue weighted by Gasteiger charge is 2.23. The van der Waals surface area contributed by atoms with Crippen molar-refractivity contribution < 1.29 is 17.9 Å². The number of aryl methyl sites for hydroxylation is 1. The van der Waals surface area contributed by atoms with Crippen LogP contribution in [0.15, 0.2) is 47.4 Å². The summed E-state index contributed by atoms with van der Waals surface area (Å²) in [6, 6.07) is 12.9. The Morgan fingerprint density at radius 1 is 1.03 bits per heavy atom. The largest absolute Gasteiger partial charge is 0.379 e. The van der Waals surface area contributed by atoms with E-state index in [0.717, 1.165) is 76.1 Å². The quantitative estimate of drug-likeness (QED) is 0.599. The lowest BCUT2D eigenvalue weighted by Gasteiger charge is -2.27. The normalized spacial score (nSPS) is 18.0. The second-order valence-electron chi connectivity index (χ2n) is 9.27. The van der Waals surface area contributed by atoms with E-state index in [1.807, 2.05) is 25.1 Å². The molecule has 2 N–H and O–H groups in total. The minimum absolute atomic E-state index is 0.0275. The first-order chi connectivity index (χ1) is 16.4. The molecule has 1 aliphatic carbocycles. The van der Waals surface area contributed by atoms with E-state index >= 15 is 0 Å². The topological polar surface area (TPSA) is 87.7 Å². The van der Waals surface area contributed by atoms with Crippen molar-refractivity contribution in [2.75, 3.05) is 26.3 Å². The molecule has 34 heavy (non-hydrogen) atoms. The number of morpholine rings is 1. The fourth-order valence-electron chi connectivity index (χ4n) is 4.68. The van der Waals surface area contributed by atoms with Crippen LogP contribution in [0.2, 0.25) is 0 Å². The zero-order valence-corrected chi connectivity index (χ0v) is 20.7. The summed E-state index contributed by atoms with van der Waals surface area (Å²) in [4.78, 5) is 15.5. The van der Waals surface area contributed by atoms with Crippen LogP contribution in [0.25, 0.3) is 0 Å². The van der Waals surface area contributed by atoms with Gasteiger partial charge in [0.2, 0.25) is 10.0 Å². The first-order valence-electron chi connectivity index (χ1n) is 12.2. The molecule has 1 saturated carbocycles. The maximum atomic E-state index is 13.1. The molecule has 0 radical (unpaired) electrons. The van der Waals surface area contributed by atoms with Gasteiger partial charge in [-0.3, -0.25) is 9.69 Å². The predicted octanol–water partition coefficient (Wildman–Crippen LogP) is 3.37. The van der Waals surface area contributed by atoms with Gasteiger partial charge in [0.05, 0.1) is 18.1 Å². The van der Waals surface area contributed by atoms with Crippen molar-refractivity contribution >= 4 is 15.9 Å². The van der Waals surface area contributed by atoms with Crippen LogP contribution in [0.1, 0.15) is 59.2 Å². The minimum atomic E-state index is -3.67. The molecule has 0 aromatic heterocycles. The van der Waals surface area contributed by atoms with Crippen molar-refractivity contribution in [3.8, 4) is 0 Å². The number of hydrogen-bond donors (Lipinski definition) is 2. The van der Waals surface area contributed by atoms with E-state index < -0.39 is 10.0 Å². The number of carbonyl (C=O) groups is 1. The maximum Gasteiger partial charge on any atom is 0.251 e. The second kappa shape index (κ2) is 11.4. The van der Waals surface area contributed by atoms with Crippen LogP contribution in [0.3, 0.4) is 0 Å². The molecule has 4 rings (SSSR count). The Bertz CT molecular complexity index is 1090. The van der Waals surface area contributed by atoms with Crippen LogP contribution in [0, 0.1) is 6.92 Å². The number of benzene rings is 2. The second-order valence-corrected chi connectivity index (χ2v) is 11.0. The van der Waals surface area contributed by atoms with Crippen LogP contribution in [0.4, 0.5) is 0 Å². The van der Waals surface area contributed by atoms with E-state index in [9.17, 15) is 13.2 Å². The molecule has 0 spiro atoms. The van der Waals surface area contributed by atoms with Crippen LogP contribution >= 0.6 is 0 Å². The van der Waals surface area contributed by atoms with Gasteiger partial charge >= 0.3 is 0 Å². The SMILES string of the molecule is Cc1ccc(S(=O)(=O)NC2CCCCC2)cc1C(=O)NCc1ccccc1CN1CCOCC1. The molecule has 7 nitrogen and oxygen atoms in total. The molecule has 2 aromatic carbocycles. The Hall–Kier alpha value is -2.26. The van der Waals surface area contributed by atoms with Gasteiger partial charge in [-0.05, 0) is 48.6 Å². The molecule has 2 fully saturated rings. The smallest absolute Gasteiger partial charge is 0.251 e. The average Bonchev–Trinajstić information content (AvgIpc) is 2.84. The third kappa shape index (κ3) is 6.44. The zero-order valence-electron chi connectivity index (χ0n) is 19.9. The van der Waals surface area contributed by atoms with Crippen LogP contribution in [-0.4, -0.2) is 51.6 Å². The Balaban J connectivity index is 1.43. The number of hydrogen-bond acceptors (Lipinski definition) is 5. The van der Waals surface area contributed by atoms with Crippen LogP contribution in [0.5, 0.6) is 0 Å². The van der Waals surface area contributed by atoms with E-state index in [2.05, 4.69) is 21.0 Å². The van der Waals surface area contributed by atoms with Crippen molar-refractivity contribution in [2.45, 2.75) is 63.1 Å². The molecule has 1 aliphatic heterocycles. The number of nitrogens with zero attached hydrogens (tertiary/aromatic N) is 1. The summed E-state index contributed by atoms with van der Waals surface area (Å²) in [6.45, 7) is 6.31. The molecule has 1 saturated heterocycles. The molecule has 0 unspecified atom stereocenters. The summed E-state index contributed by atoms with van der Waals surface area (Å²) in [5.74, 6) is -0.270. The molecule has 2 aliphatic rings. The van der Waals surface area contributed by atoms with Crippen molar-refractivity contribution in [1.82, 2.24) is 14.9 Å². The van der Waals surface area contributed by atoms with Gasteiger partial charge in [0, 0.05) is 37.8 Å². The predicted molar refractivity (Wildman–Crippen MR) is 132 cm³/mol. The summed E-state index contributed by atoms with van der Waals surface area (Å²) in [7, 11) is -3.67. The summed E-state index contributed by atoms with van der Waals surface area (Å²) in [5, 5.41) is 3.00. The first kappa shape index (κ1) is 24.9. The van der Waals surface area contributed by atoms with Crippen molar-refractivity contribution in [3.05, 3.63) is 64.7 Å². The molecule has 0 atom stereocenters. The minimum Gasteiger partial charge on any atom is -0.379 e. The van der Waals surface area contributed by atoms with Gasteiger partial charge in [-0.25, -0.2) is 13.1 Å². The van der Waals surface area contributed by atoms with E-state index in [1.165, 1.54) is 11.6 Å². The highest BCUT2D eigenvalue weighted by Crippen LogP contribution is 2.22. The van der Waals surface area contributed by atoms with Gasteiger partial charge in [0.15, 0.2) is 0 Å². The van der Waals surface area contributed by atoms with Crippen molar-refractivity contribution in [1.29, 1.82) is 0 Å². The fourth-order valence-corrected chi connectivity index (χ4v) is 6.01. The zero-order chi connectivity index (χ0) is 24.0. The standard InChI is InChI=1S/C26H35N3O4S/c1-20-11-12-24(34(31,32)28-23-9-3-2-4-10-23)17-25(20)26(30)27-18-21-7-5-6-8-22(21)19-29-13-15-33-16-14-29/h5-8,11-12,17,23,28H,2-4,9-10,13-16,18-19H2,1H3,(H,27,30). The third-order valence-electron chi connectivity index (χ3n) is 6.75. The van der Waals surface area contributed by atoms with E-state index in [0.29, 0.717) is 12.1 Å². The number of ether oxygens (including phenoxy) is 1. The summed E-state index contributed by atoms with van der Waals surface area (Å²) < 4.78 is 34.2. The molecule has 1 heterocycles. The summed E-state index contributed by atoms with van der Waals surface area (Å²) >= 11 is 0. The third-order valence-corrected chi connectivity index (χ3v) is 8.26. The Kier molecular flexibility index (Phi) is 8.37. The summed E-state index contributed by atoms with van der Waals surface area (Å²) in [5.41, 5.74) is 3.37. The number of nitrogens with one attached hydrogen (secondary N) is 2. The molecular weight excluding hydrogens is 450 g/mol. The lowest BCUT2D eigenvalue weighted by Crippen LogP contribution is -2.36. The number of carbonyl (C=O) groups excluding carboxylic acids is 1. The monoisotopic (exact) mass is 485 g/mol. The van der Waals surface area contributed by atoms with Gasteiger partial charge in [0.25, 0.3) is 5.91 Å². The Morgan fingerprint density at radius 2 is 1.74 bits per heavy atom. The number of amides is 1. The Labute approximate surface area is 202 Å². The number of rotatable bonds is 8. The van der Waals surface area contributed by atoms with E-state index in [-0.39, 0.29) is 16.8 Å². The van der Waals surface area contributed by atoms with E-state index in [4.69, 9.17) is 4.74 Å². The molecular formula is C26H35N3O4S. The molecule has 1 amide bonds. The highest BCUT2D eigenvalue weighted by molar-refractivity contribution is 7.89. The first-order valence-corrected chi connectivity index (χ1v) is 13.7. The van der Waals surface area contributed by atoms with Crippen molar-refractivity contribution in [2.24, 2.45) is 0 Å². The maximum absolute atomic E-state index is 13.1. The molecule has 0 bridgehead atoms. The summed E-state index contributed by atoms with van der Waals surface area (Å²) in [6.07, 6.45) is 4.97. The van der Waals surface area contributed by atoms with Crippen LogP contribution < -0.4 is 10.0 Å². The van der Waals surface area contributed by atoms with Gasteiger partial charge in [0.1, 0.15) is 0 Å². The molecule has 2 aromatic rings. The van der Waals surface area contributed by atoms with E-state index in [1.54, 1.807) is 12.1 Å². The van der Waals surface area contributed by atoms with Gasteiger partial charge in [-0.1, -0.05) is 49.6 Å². The van der Waals surface area contributed by atoms with Gasteiger partial charge < -0.3 is 10.1 Å². The fraction of sp³-hybridized carbons (Fsp3) is 0.500. The lowest BCUT2D eigenvalue weighted by atomic mass is 9.96.